The summed E-state index contributed by atoms with van der Waals surface area (Å²) in [5.41, 5.74) is 3.91. The molecule has 0 heterocycles. The van der Waals surface area contributed by atoms with Crippen molar-refractivity contribution in [3.8, 4) is 0 Å². The third-order valence-corrected chi connectivity index (χ3v) is 5.44. The van der Waals surface area contributed by atoms with E-state index in [1.54, 1.807) is 0 Å². The first kappa shape index (κ1) is 19.9. The number of anilines is 3. The molecule has 5 heteroatoms. The van der Waals surface area contributed by atoms with Gasteiger partial charge in [0.15, 0.2) is 0 Å². The number of aryl methyl sites for hydroxylation is 1. The second kappa shape index (κ2) is 8.91. The summed E-state index contributed by atoms with van der Waals surface area (Å²) in [5, 5.41) is 6.00. The second-order valence-electron chi connectivity index (χ2n) is 7.83. The Kier molecular flexibility index (Phi) is 6.34. The number of amides is 2. The van der Waals surface area contributed by atoms with Gasteiger partial charge in [-0.3, -0.25) is 9.59 Å². The van der Waals surface area contributed by atoms with Crippen LogP contribution in [-0.4, -0.2) is 25.9 Å². The molecule has 0 bridgehead atoms. The number of rotatable bonds is 5. The third kappa shape index (κ3) is 5.12. The Morgan fingerprint density at radius 3 is 1.54 bits per heavy atom. The van der Waals surface area contributed by atoms with Crippen molar-refractivity contribution < 1.29 is 9.59 Å². The average Bonchev–Trinajstić information content (AvgIpc) is 2.70. The number of nitrogens with one attached hydrogen (secondary N) is 2. The molecule has 1 aliphatic carbocycles. The van der Waals surface area contributed by atoms with Crippen LogP contribution in [0.25, 0.3) is 0 Å². The number of nitrogens with zero attached hydrogens (tertiary/aromatic N) is 1. The first-order chi connectivity index (χ1) is 13.4. The molecule has 2 N–H and O–H groups in total. The standard InChI is InChI=1S/C23H29N3O2/c1-16-4-10-19(11-5-16)24-22(27)17-6-8-18(9-7-17)23(28)25-20-12-14-21(15-13-20)26(2)3/h4-5,10-15,17-18H,6-9H2,1-3H3,(H,24,27)(H,25,28). The molecule has 0 aliphatic heterocycles. The number of benzene rings is 2. The predicted octanol–water partition coefficient (Wildman–Crippen LogP) is 4.44. The van der Waals surface area contributed by atoms with Gasteiger partial charge in [0.1, 0.15) is 0 Å². The van der Waals surface area contributed by atoms with Gasteiger partial charge in [-0.15, -0.1) is 0 Å². The summed E-state index contributed by atoms with van der Waals surface area (Å²) >= 11 is 0. The predicted molar refractivity (Wildman–Crippen MR) is 115 cm³/mol. The van der Waals surface area contributed by atoms with E-state index in [0.717, 1.165) is 42.7 Å². The van der Waals surface area contributed by atoms with Crippen LogP contribution in [0.15, 0.2) is 48.5 Å². The molecule has 0 spiro atoms. The van der Waals surface area contributed by atoms with E-state index in [9.17, 15) is 9.59 Å². The number of carbonyl (C=O) groups excluding carboxylic acids is 2. The van der Waals surface area contributed by atoms with E-state index >= 15 is 0 Å². The first-order valence-electron chi connectivity index (χ1n) is 9.88. The molecule has 1 fully saturated rings. The number of hydrogen-bond donors (Lipinski definition) is 2. The van der Waals surface area contributed by atoms with E-state index in [1.165, 1.54) is 5.56 Å². The van der Waals surface area contributed by atoms with Crippen molar-refractivity contribution in [2.24, 2.45) is 11.8 Å². The molecule has 2 aromatic rings. The molecule has 2 amide bonds. The highest BCUT2D eigenvalue weighted by Crippen LogP contribution is 2.31. The molecule has 0 unspecified atom stereocenters. The Hall–Kier alpha value is -2.82. The summed E-state index contributed by atoms with van der Waals surface area (Å²) in [7, 11) is 3.97. The fraction of sp³-hybridized carbons (Fsp3) is 0.391. The molecule has 1 aliphatic rings. The highest BCUT2D eigenvalue weighted by Gasteiger charge is 2.30. The highest BCUT2D eigenvalue weighted by atomic mass is 16.2. The van der Waals surface area contributed by atoms with Crippen molar-refractivity contribution in [3.63, 3.8) is 0 Å². The van der Waals surface area contributed by atoms with Gasteiger partial charge in [-0.25, -0.2) is 0 Å². The molecule has 0 saturated heterocycles. The van der Waals surface area contributed by atoms with Gasteiger partial charge < -0.3 is 15.5 Å². The topological polar surface area (TPSA) is 61.4 Å². The molecule has 28 heavy (non-hydrogen) atoms. The zero-order valence-corrected chi connectivity index (χ0v) is 16.9. The minimum Gasteiger partial charge on any atom is -0.378 e. The van der Waals surface area contributed by atoms with Crippen LogP contribution in [0.4, 0.5) is 17.1 Å². The maximum absolute atomic E-state index is 12.6. The van der Waals surface area contributed by atoms with Crippen LogP contribution < -0.4 is 15.5 Å². The minimum atomic E-state index is -0.0306. The van der Waals surface area contributed by atoms with Gasteiger partial charge in [0, 0.05) is 43.0 Å². The van der Waals surface area contributed by atoms with Crippen molar-refractivity contribution in [2.75, 3.05) is 29.6 Å². The monoisotopic (exact) mass is 379 g/mol. The Balaban J connectivity index is 1.48. The maximum Gasteiger partial charge on any atom is 0.227 e. The fourth-order valence-electron chi connectivity index (χ4n) is 3.59. The lowest BCUT2D eigenvalue weighted by Crippen LogP contribution is -2.32. The second-order valence-corrected chi connectivity index (χ2v) is 7.83. The summed E-state index contributed by atoms with van der Waals surface area (Å²) in [6, 6.07) is 15.7. The Labute approximate surface area is 167 Å². The summed E-state index contributed by atoms with van der Waals surface area (Å²) in [4.78, 5) is 27.1. The summed E-state index contributed by atoms with van der Waals surface area (Å²) < 4.78 is 0. The molecule has 0 radical (unpaired) electrons. The Morgan fingerprint density at radius 2 is 1.14 bits per heavy atom. The SMILES string of the molecule is Cc1ccc(NC(=O)C2CCC(C(=O)Nc3ccc(N(C)C)cc3)CC2)cc1. The van der Waals surface area contributed by atoms with Crippen molar-refractivity contribution in [1.29, 1.82) is 0 Å². The number of carbonyl (C=O) groups is 2. The average molecular weight is 380 g/mol. The van der Waals surface area contributed by atoms with Crippen LogP contribution in [0.1, 0.15) is 31.2 Å². The Bertz CT molecular complexity index is 805. The van der Waals surface area contributed by atoms with E-state index in [2.05, 4.69) is 10.6 Å². The lowest BCUT2D eigenvalue weighted by Gasteiger charge is -2.27. The van der Waals surface area contributed by atoms with Gasteiger partial charge in [0.25, 0.3) is 0 Å². The molecule has 5 nitrogen and oxygen atoms in total. The van der Waals surface area contributed by atoms with Crippen LogP contribution in [0.5, 0.6) is 0 Å². The van der Waals surface area contributed by atoms with Crippen LogP contribution in [-0.2, 0) is 9.59 Å². The van der Waals surface area contributed by atoms with Gasteiger partial charge >= 0.3 is 0 Å². The Morgan fingerprint density at radius 1 is 0.750 bits per heavy atom. The first-order valence-corrected chi connectivity index (χ1v) is 9.88. The van der Waals surface area contributed by atoms with Crippen LogP contribution in [0.3, 0.4) is 0 Å². The van der Waals surface area contributed by atoms with Crippen molar-refractivity contribution >= 4 is 28.9 Å². The number of hydrogen-bond acceptors (Lipinski definition) is 3. The smallest absolute Gasteiger partial charge is 0.227 e. The van der Waals surface area contributed by atoms with Gasteiger partial charge in [-0.2, -0.15) is 0 Å². The van der Waals surface area contributed by atoms with Crippen LogP contribution in [0.2, 0.25) is 0 Å². The summed E-state index contributed by atoms with van der Waals surface area (Å²) in [5.74, 6) is 0.0543. The van der Waals surface area contributed by atoms with Crippen molar-refractivity contribution in [1.82, 2.24) is 0 Å². The molecule has 2 aromatic carbocycles. The lowest BCUT2D eigenvalue weighted by molar-refractivity contribution is -0.125. The maximum atomic E-state index is 12.6. The van der Waals surface area contributed by atoms with Gasteiger partial charge in [-0.05, 0) is 69.0 Å². The molecule has 0 aromatic heterocycles. The van der Waals surface area contributed by atoms with Crippen molar-refractivity contribution in [2.45, 2.75) is 32.6 Å². The lowest BCUT2D eigenvalue weighted by atomic mass is 9.81. The summed E-state index contributed by atoms with van der Waals surface area (Å²) in [6.45, 7) is 2.02. The summed E-state index contributed by atoms with van der Waals surface area (Å²) in [6.07, 6.45) is 2.98. The molecule has 1 saturated carbocycles. The van der Waals surface area contributed by atoms with Gasteiger partial charge in [0.2, 0.25) is 11.8 Å². The molecular formula is C23H29N3O2. The normalized spacial score (nSPS) is 19.0. The largest absolute Gasteiger partial charge is 0.378 e. The molecule has 3 rings (SSSR count). The van der Waals surface area contributed by atoms with Gasteiger partial charge in [-0.1, -0.05) is 17.7 Å². The van der Waals surface area contributed by atoms with Crippen LogP contribution >= 0.6 is 0 Å². The highest BCUT2D eigenvalue weighted by molar-refractivity contribution is 5.94. The van der Waals surface area contributed by atoms with Crippen LogP contribution in [0, 0.1) is 18.8 Å². The molecule has 0 atom stereocenters. The van der Waals surface area contributed by atoms with E-state index in [1.807, 2.05) is 74.4 Å². The molecular weight excluding hydrogens is 350 g/mol. The quantitative estimate of drug-likeness (QED) is 0.807. The van der Waals surface area contributed by atoms with E-state index in [0.29, 0.717) is 0 Å². The third-order valence-electron chi connectivity index (χ3n) is 5.44. The fourth-order valence-corrected chi connectivity index (χ4v) is 3.59. The minimum absolute atomic E-state index is 0.0234. The zero-order chi connectivity index (χ0) is 20.1. The molecule has 148 valence electrons. The van der Waals surface area contributed by atoms with E-state index < -0.39 is 0 Å². The van der Waals surface area contributed by atoms with E-state index in [4.69, 9.17) is 0 Å². The zero-order valence-electron chi connectivity index (χ0n) is 16.9. The van der Waals surface area contributed by atoms with Crippen molar-refractivity contribution in [3.05, 3.63) is 54.1 Å². The van der Waals surface area contributed by atoms with Gasteiger partial charge in [0.05, 0.1) is 0 Å². The van der Waals surface area contributed by atoms with E-state index in [-0.39, 0.29) is 23.7 Å².